The molecule has 0 aliphatic heterocycles. The highest BCUT2D eigenvalue weighted by Crippen LogP contribution is 2.24. The van der Waals surface area contributed by atoms with Crippen molar-refractivity contribution in [2.75, 3.05) is 6.61 Å². The van der Waals surface area contributed by atoms with Gasteiger partial charge in [0.15, 0.2) is 0 Å². The van der Waals surface area contributed by atoms with E-state index >= 15 is 0 Å². The van der Waals surface area contributed by atoms with E-state index in [1.807, 2.05) is 60.0 Å². The maximum atomic E-state index is 13.4. The Morgan fingerprint density at radius 1 is 0.933 bits per heavy atom. The number of fused-ring (bicyclic) bond motifs is 1. The van der Waals surface area contributed by atoms with Crippen LogP contribution in [0.1, 0.15) is 25.3 Å². The second-order valence-electron chi connectivity index (χ2n) is 7.33. The Morgan fingerprint density at radius 3 is 2.63 bits per heavy atom. The summed E-state index contributed by atoms with van der Waals surface area (Å²) in [5.74, 6) is 0.773. The van der Waals surface area contributed by atoms with Crippen molar-refractivity contribution in [3.05, 3.63) is 94.9 Å². The van der Waals surface area contributed by atoms with Crippen LogP contribution in [0.5, 0.6) is 5.75 Å². The van der Waals surface area contributed by atoms with Crippen molar-refractivity contribution in [2.24, 2.45) is 0 Å². The van der Waals surface area contributed by atoms with E-state index in [0.717, 1.165) is 41.6 Å². The van der Waals surface area contributed by atoms with Crippen molar-refractivity contribution >= 4 is 11.0 Å². The molecule has 0 fully saturated rings. The number of aromatic nitrogens is 2. The highest BCUT2D eigenvalue weighted by molar-refractivity contribution is 5.81. The lowest BCUT2D eigenvalue weighted by atomic mass is 10.0. The van der Waals surface area contributed by atoms with Gasteiger partial charge in [-0.3, -0.25) is 9.36 Å². The van der Waals surface area contributed by atoms with Crippen LogP contribution in [0.2, 0.25) is 0 Å². The lowest BCUT2D eigenvalue weighted by Gasteiger charge is -2.13. The molecule has 2 aromatic heterocycles. The molecule has 0 aliphatic carbocycles. The van der Waals surface area contributed by atoms with E-state index in [1.165, 1.54) is 5.56 Å². The minimum atomic E-state index is -0.00504. The monoisotopic (exact) mass is 398 g/mol. The largest absolute Gasteiger partial charge is 0.494 e. The molecule has 0 saturated heterocycles. The smallest absolute Gasteiger partial charge is 0.260 e. The van der Waals surface area contributed by atoms with E-state index in [2.05, 4.69) is 29.2 Å². The Morgan fingerprint density at radius 2 is 1.80 bits per heavy atom. The normalized spacial score (nSPS) is 11.0. The summed E-state index contributed by atoms with van der Waals surface area (Å²) in [6.07, 6.45) is 4.70. The van der Waals surface area contributed by atoms with Crippen molar-refractivity contribution in [3.63, 3.8) is 0 Å². The van der Waals surface area contributed by atoms with E-state index in [1.54, 1.807) is 6.20 Å². The molecule has 0 N–H and O–H groups in total. The fourth-order valence-corrected chi connectivity index (χ4v) is 3.78. The van der Waals surface area contributed by atoms with Gasteiger partial charge >= 0.3 is 0 Å². The molecule has 0 spiro atoms. The topological polar surface area (TPSA) is 44.1 Å². The number of pyridine rings is 2. The molecule has 4 nitrogen and oxygen atoms in total. The molecule has 2 aromatic carbocycles. The summed E-state index contributed by atoms with van der Waals surface area (Å²) < 4.78 is 7.45. The van der Waals surface area contributed by atoms with Gasteiger partial charge < -0.3 is 4.74 Å². The molecule has 4 aromatic rings. The van der Waals surface area contributed by atoms with Crippen LogP contribution in [0, 0.1) is 0 Å². The third kappa shape index (κ3) is 4.43. The van der Waals surface area contributed by atoms with E-state index in [9.17, 15) is 4.79 Å². The Balaban J connectivity index is 1.64. The molecule has 4 rings (SSSR count). The standard InChI is InChI=1S/C26H26N2O2/c1-2-30-23-15-8-13-21(18-23)24-19-22-14-9-16-27-25(22)28(26(24)29)17-7-6-12-20-10-4-3-5-11-20/h3-5,8-11,13-16,18-19H,2,6-7,12,17H2,1H3. The summed E-state index contributed by atoms with van der Waals surface area (Å²) in [6, 6.07) is 24.1. The van der Waals surface area contributed by atoms with Crippen LogP contribution in [0.4, 0.5) is 0 Å². The summed E-state index contributed by atoms with van der Waals surface area (Å²) in [6.45, 7) is 3.20. The minimum Gasteiger partial charge on any atom is -0.494 e. The molecular weight excluding hydrogens is 372 g/mol. The highest BCUT2D eigenvalue weighted by Gasteiger charge is 2.12. The van der Waals surface area contributed by atoms with Gasteiger partial charge in [0, 0.05) is 23.7 Å². The molecule has 0 atom stereocenters. The first-order chi connectivity index (χ1) is 14.8. The van der Waals surface area contributed by atoms with Gasteiger partial charge in [-0.25, -0.2) is 4.98 Å². The van der Waals surface area contributed by atoms with E-state index in [0.29, 0.717) is 18.7 Å². The third-order valence-electron chi connectivity index (χ3n) is 5.24. The van der Waals surface area contributed by atoms with Crippen LogP contribution in [0.3, 0.4) is 0 Å². The zero-order valence-electron chi connectivity index (χ0n) is 17.3. The first-order valence-electron chi connectivity index (χ1n) is 10.5. The van der Waals surface area contributed by atoms with Crippen molar-refractivity contribution in [1.29, 1.82) is 0 Å². The van der Waals surface area contributed by atoms with E-state index in [4.69, 9.17) is 4.74 Å². The summed E-state index contributed by atoms with van der Waals surface area (Å²) in [7, 11) is 0. The average Bonchev–Trinajstić information content (AvgIpc) is 2.79. The molecule has 0 radical (unpaired) electrons. The molecule has 0 unspecified atom stereocenters. The molecule has 0 saturated carbocycles. The molecule has 0 aliphatic rings. The number of aryl methyl sites for hydroxylation is 2. The van der Waals surface area contributed by atoms with Crippen LogP contribution >= 0.6 is 0 Å². The van der Waals surface area contributed by atoms with Crippen molar-refractivity contribution in [3.8, 4) is 16.9 Å². The number of rotatable bonds is 8. The molecular formula is C26H26N2O2. The SMILES string of the molecule is CCOc1cccc(-c2cc3cccnc3n(CCCCc3ccccc3)c2=O)c1. The summed E-state index contributed by atoms with van der Waals surface area (Å²) in [4.78, 5) is 17.9. The molecule has 30 heavy (non-hydrogen) atoms. The van der Waals surface area contributed by atoms with Crippen LogP contribution in [0.15, 0.2) is 83.8 Å². The van der Waals surface area contributed by atoms with Crippen LogP contribution < -0.4 is 10.3 Å². The van der Waals surface area contributed by atoms with Gasteiger partial charge in [0.2, 0.25) is 0 Å². The predicted molar refractivity (Wildman–Crippen MR) is 122 cm³/mol. The molecule has 2 heterocycles. The van der Waals surface area contributed by atoms with Gasteiger partial charge in [-0.1, -0.05) is 42.5 Å². The maximum absolute atomic E-state index is 13.4. The third-order valence-corrected chi connectivity index (χ3v) is 5.24. The number of hydrogen-bond donors (Lipinski definition) is 0. The van der Waals surface area contributed by atoms with Crippen molar-refractivity contribution < 1.29 is 4.74 Å². The second kappa shape index (κ2) is 9.40. The quantitative estimate of drug-likeness (QED) is 0.369. The molecule has 0 bridgehead atoms. The van der Waals surface area contributed by atoms with Crippen LogP contribution in [-0.2, 0) is 13.0 Å². The van der Waals surface area contributed by atoms with Gasteiger partial charge in [-0.15, -0.1) is 0 Å². The fourth-order valence-electron chi connectivity index (χ4n) is 3.78. The average molecular weight is 399 g/mol. The Labute approximate surface area is 176 Å². The predicted octanol–water partition coefficient (Wildman–Crippen LogP) is 5.49. The highest BCUT2D eigenvalue weighted by atomic mass is 16.5. The van der Waals surface area contributed by atoms with Gasteiger partial charge in [0.05, 0.1) is 6.61 Å². The maximum Gasteiger partial charge on any atom is 0.260 e. The van der Waals surface area contributed by atoms with Crippen LogP contribution in [-0.4, -0.2) is 16.2 Å². The number of ether oxygens (including phenoxy) is 1. The lowest BCUT2D eigenvalue weighted by molar-refractivity contribution is 0.340. The zero-order valence-corrected chi connectivity index (χ0v) is 17.3. The Kier molecular flexibility index (Phi) is 6.23. The zero-order chi connectivity index (χ0) is 20.8. The Hall–Kier alpha value is -3.40. The number of benzene rings is 2. The molecule has 4 heteroatoms. The van der Waals surface area contributed by atoms with Gasteiger partial charge in [0.1, 0.15) is 11.4 Å². The first kappa shape index (κ1) is 19.9. The van der Waals surface area contributed by atoms with Gasteiger partial charge in [-0.05, 0) is 67.6 Å². The number of hydrogen-bond acceptors (Lipinski definition) is 3. The van der Waals surface area contributed by atoms with Gasteiger partial charge in [-0.2, -0.15) is 0 Å². The number of nitrogens with zero attached hydrogens (tertiary/aromatic N) is 2. The number of unbranched alkanes of at least 4 members (excludes halogenated alkanes) is 1. The fraction of sp³-hybridized carbons (Fsp3) is 0.231. The Bertz CT molecular complexity index is 1180. The molecule has 0 amide bonds. The van der Waals surface area contributed by atoms with Crippen molar-refractivity contribution in [1.82, 2.24) is 9.55 Å². The summed E-state index contributed by atoms with van der Waals surface area (Å²) >= 11 is 0. The first-order valence-corrected chi connectivity index (χ1v) is 10.5. The van der Waals surface area contributed by atoms with Crippen LogP contribution in [0.25, 0.3) is 22.2 Å². The van der Waals surface area contributed by atoms with Gasteiger partial charge in [0.25, 0.3) is 5.56 Å². The van der Waals surface area contributed by atoms with Crippen molar-refractivity contribution in [2.45, 2.75) is 32.7 Å². The van der Waals surface area contributed by atoms with E-state index < -0.39 is 0 Å². The second-order valence-corrected chi connectivity index (χ2v) is 7.33. The summed E-state index contributed by atoms with van der Waals surface area (Å²) in [5, 5.41) is 0.969. The van der Waals surface area contributed by atoms with E-state index in [-0.39, 0.29) is 5.56 Å². The summed E-state index contributed by atoms with van der Waals surface area (Å²) in [5.41, 5.74) is 3.62. The lowest BCUT2D eigenvalue weighted by Crippen LogP contribution is -2.23. The molecule has 152 valence electrons. The minimum absolute atomic E-state index is 0.00504.